The highest BCUT2D eigenvalue weighted by Crippen LogP contribution is 2.41. The van der Waals surface area contributed by atoms with E-state index < -0.39 is 0 Å². The largest absolute Gasteiger partial charge is 0.307 e. The first-order valence-electron chi connectivity index (χ1n) is 6.56. The van der Waals surface area contributed by atoms with Crippen LogP contribution in [0.5, 0.6) is 0 Å². The van der Waals surface area contributed by atoms with Gasteiger partial charge in [0.1, 0.15) is 5.01 Å². The fraction of sp³-hybridized carbons (Fsp3) is 0.750. The van der Waals surface area contributed by atoms with Crippen LogP contribution in [-0.4, -0.2) is 26.4 Å². The Balaban J connectivity index is 2.00. The van der Waals surface area contributed by atoms with Crippen LogP contribution in [0, 0.1) is 5.41 Å². The molecule has 2 aromatic heterocycles. The van der Waals surface area contributed by atoms with Gasteiger partial charge in [-0.2, -0.15) is 9.61 Å². The SMILES string of the molecule is CCc1nnc2sc(C3NCCCC3(C)C)nn12. The van der Waals surface area contributed by atoms with Crippen molar-refractivity contribution in [3.8, 4) is 0 Å². The zero-order valence-electron chi connectivity index (χ0n) is 11.1. The first-order valence-corrected chi connectivity index (χ1v) is 7.38. The van der Waals surface area contributed by atoms with Gasteiger partial charge in [-0.25, -0.2) is 0 Å². The molecule has 2 aromatic rings. The summed E-state index contributed by atoms with van der Waals surface area (Å²) >= 11 is 1.66. The molecule has 1 N–H and O–H groups in total. The van der Waals surface area contributed by atoms with Crippen molar-refractivity contribution in [1.29, 1.82) is 0 Å². The molecule has 1 atom stereocenters. The maximum Gasteiger partial charge on any atom is 0.234 e. The molecule has 0 aliphatic carbocycles. The van der Waals surface area contributed by atoms with Crippen LogP contribution in [0.15, 0.2) is 0 Å². The van der Waals surface area contributed by atoms with E-state index >= 15 is 0 Å². The Morgan fingerprint density at radius 3 is 3.00 bits per heavy atom. The second-order valence-electron chi connectivity index (χ2n) is 5.58. The molecule has 0 saturated carbocycles. The molecule has 3 rings (SSSR count). The third kappa shape index (κ3) is 1.83. The third-order valence-corrected chi connectivity index (χ3v) is 4.73. The van der Waals surface area contributed by atoms with Gasteiger partial charge in [0.15, 0.2) is 5.82 Å². The van der Waals surface area contributed by atoms with E-state index in [2.05, 4.69) is 36.3 Å². The van der Waals surface area contributed by atoms with E-state index in [1.54, 1.807) is 11.3 Å². The zero-order valence-corrected chi connectivity index (χ0v) is 11.9. The second-order valence-corrected chi connectivity index (χ2v) is 6.57. The van der Waals surface area contributed by atoms with Crippen LogP contribution in [0.25, 0.3) is 4.96 Å². The fourth-order valence-corrected chi connectivity index (χ4v) is 3.79. The molecule has 1 aliphatic heterocycles. The predicted octanol–water partition coefficient (Wildman–Crippen LogP) is 2.20. The highest BCUT2D eigenvalue weighted by Gasteiger charge is 2.35. The second kappa shape index (κ2) is 4.28. The van der Waals surface area contributed by atoms with E-state index in [0.29, 0.717) is 6.04 Å². The first-order chi connectivity index (χ1) is 8.62. The monoisotopic (exact) mass is 265 g/mol. The van der Waals surface area contributed by atoms with Crippen LogP contribution in [-0.2, 0) is 6.42 Å². The summed E-state index contributed by atoms with van der Waals surface area (Å²) in [6, 6.07) is 0.336. The van der Waals surface area contributed by atoms with Crippen molar-refractivity contribution >= 4 is 16.3 Å². The Morgan fingerprint density at radius 1 is 1.44 bits per heavy atom. The van der Waals surface area contributed by atoms with E-state index in [-0.39, 0.29) is 5.41 Å². The predicted molar refractivity (Wildman–Crippen MR) is 71.8 cm³/mol. The van der Waals surface area contributed by atoms with Crippen LogP contribution in [0.4, 0.5) is 0 Å². The zero-order chi connectivity index (χ0) is 12.8. The molecular weight excluding hydrogens is 246 g/mol. The Kier molecular flexibility index (Phi) is 2.86. The van der Waals surface area contributed by atoms with E-state index in [1.807, 2.05) is 4.52 Å². The van der Waals surface area contributed by atoms with Gasteiger partial charge in [-0.05, 0) is 24.8 Å². The number of rotatable bonds is 2. The van der Waals surface area contributed by atoms with Crippen molar-refractivity contribution < 1.29 is 0 Å². The van der Waals surface area contributed by atoms with E-state index in [4.69, 9.17) is 5.10 Å². The Hall–Kier alpha value is -1.01. The lowest BCUT2D eigenvalue weighted by atomic mass is 9.78. The van der Waals surface area contributed by atoms with Crippen molar-refractivity contribution in [2.45, 2.75) is 46.1 Å². The Labute approximate surface area is 111 Å². The number of piperidine rings is 1. The molecule has 1 saturated heterocycles. The average molecular weight is 265 g/mol. The van der Waals surface area contributed by atoms with E-state index in [1.165, 1.54) is 12.8 Å². The lowest BCUT2D eigenvalue weighted by molar-refractivity contribution is 0.180. The minimum absolute atomic E-state index is 0.258. The molecule has 0 bridgehead atoms. The molecule has 5 nitrogen and oxygen atoms in total. The van der Waals surface area contributed by atoms with Crippen molar-refractivity contribution in [1.82, 2.24) is 25.1 Å². The van der Waals surface area contributed by atoms with Crippen LogP contribution >= 0.6 is 11.3 Å². The van der Waals surface area contributed by atoms with Crippen LogP contribution in [0.2, 0.25) is 0 Å². The Bertz CT molecular complexity index is 556. The number of aromatic nitrogens is 4. The summed E-state index contributed by atoms with van der Waals surface area (Å²) in [7, 11) is 0. The summed E-state index contributed by atoms with van der Waals surface area (Å²) in [6.45, 7) is 7.78. The lowest BCUT2D eigenvalue weighted by Crippen LogP contribution is -2.39. The van der Waals surface area contributed by atoms with Gasteiger partial charge < -0.3 is 5.32 Å². The maximum atomic E-state index is 4.71. The topological polar surface area (TPSA) is 55.1 Å². The minimum atomic E-state index is 0.258. The summed E-state index contributed by atoms with van der Waals surface area (Å²) in [4.78, 5) is 0.907. The molecular formula is C12H19N5S. The molecule has 0 radical (unpaired) electrons. The highest BCUT2D eigenvalue weighted by atomic mass is 32.1. The van der Waals surface area contributed by atoms with Gasteiger partial charge in [0.2, 0.25) is 4.96 Å². The molecule has 1 unspecified atom stereocenters. The first kappa shape index (κ1) is 12.0. The van der Waals surface area contributed by atoms with Crippen molar-refractivity contribution in [2.24, 2.45) is 5.41 Å². The highest BCUT2D eigenvalue weighted by molar-refractivity contribution is 7.16. The summed E-state index contributed by atoms with van der Waals surface area (Å²) in [5.74, 6) is 0.945. The number of nitrogens with zero attached hydrogens (tertiary/aromatic N) is 4. The van der Waals surface area contributed by atoms with Gasteiger partial charge in [-0.3, -0.25) is 0 Å². The molecule has 98 valence electrons. The number of fused-ring (bicyclic) bond motifs is 1. The summed E-state index contributed by atoms with van der Waals surface area (Å²) in [6.07, 6.45) is 3.35. The molecule has 3 heterocycles. The van der Waals surface area contributed by atoms with Crippen molar-refractivity contribution in [2.75, 3.05) is 6.54 Å². The van der Waals surface area contributed by atoms with Gasteiger partial charge in [-0.1, -0.05) is 32.1 Å². The molecule has 1 aliphatic rings. The molecule has 0 spiro atoms. The Morgan fingerprint density at radius 2 is 2.28 bits per heavy atom. The molecule has 0 aromatic carbocycles. The quantitative estimate of drug-likeness (QED) is 0.904. The van der Waals surface area contributed by atoms with Gasteiger partial charge in [-0.15, -0.1) is 10.2 Å². The maximum absolute atomic E-state index is 4.71. The minimum Gasteiger partial charge on any atom is -0.307 e. The molecule has 6 heteroatoms. The van der Waals surface area contributed by atoms with Gasteiger partial charge in [0, 0.05) is 6.42 Å². The van der Waals surface area contributed by atoms with Gasteiger partial charge in [0.05, 0.1) is 6.04 Å². The van der Waals surface area contributed by atoms with Gasteiger partial charge >= 0.3 is 0 Å². The molecule has 18 heavy (non-hydrogen) atoms. The van der Waals surface area contributed by atoms with Gasteiger partial charge in [0.25, 0.3) is 0 Å². The van der Waals surface area contributed by atoms with E-state index in [9.17, 15) is 0 Å². The smallest absolute Gasteiger partial charge is 0.234 e. The van der Waals surface area contributed by atoms with Crippen LogP contribution in [0.1, 0.15) is 50.5 Å². The van der Waals surface area contributed by atoms with Crippen LogP contribution in [0.3, 0.4) is 0 Å². The average Bonchev–Trinajstić information content (AvgIpc) is 2.87. The lowest BCUT2D eigenvalue weighted by Gasteiger charge is -2.37. The van der Waals surface area contributed by atoms with Crippen molar-refractivity contribution in [3.05, 3.63) is 10.8 Å². The normalized spacial score (nSPS) is 23.6. The fourth-order valence-electron chi connectivity index (χ4n) is 2.64. The number of hydrogen-bond acceptors (Lipinski definition) is 5. The number of aryl methyl sites for hydroxylation is 1. The standard InChI is InChI=1S/C12H19N5S/c1-4-8-14-15-11-17(8)16-10(18-11)9-12(2,3)6-5-7-13-9/h9,13H,4-7H2,1-3H3. The number of nitrogens with one attached hydrogen (secondary N) is 1. The molecule has 1 fully saturated rings. The van der Waals surface area contributed by atoms with Crippen LogP contribution < -0.4 is 5.32 Å². The van der Waals surface area contributed by atoms with E-state index in [0.717, 1.165) is 28.8 Å². The summed E-state index contributed by atoms with van der Waals surface area (Å²) < 4.78 is 1.90. The summed E-state index contributed by atoms with van der Waals surface area (Å²) in [5, 5.41) is 17.8. The number of hydrogen-bond donors (Lipinski definition) is 1. The molecule has 0 amide bonds. The van der Waals surface area contributed by atoms with Crippen molar-refractivity contribution in [3.63, 3.8) is 0 Å². The summed E-state index contributed by atoms with van der Waals surface area (Å²) in [5.41, 5.74) is 0.258. The third-order valence-electron chi connectivity index (χ3n) is 3.76.